The summed E-state index contributed by atoms with van der Waals surface area (Å²) in [6.45, 7) is 0. The normalized spacial score (nSPS) is 16.8. The molecule has 11 aromatic rings. The van der Waals surface area contributed by atoms with Gasteiger partial charge in [-0.15, -0.1) is 0 Å². The fourth-order valence-corrected chi connectivity index (χ4v) is 7.37. The van der Waals surface area contributed by atoms with Crippen molar-refractivity contribution >= 4 is 65.0 Å². The molecular weight excluding hydrogens is 641 g/mol. The van der Waals surface area contributed by atoms with E-state index in [9.17, 15) is 11.0 Å². The zero-order valence-electron chi connectivity index (χ0n) is 46.4. The van der Waals surface area contributed by atoms with E-state index < -0.39 is 164 Å². The van der Waals surface area contributed by atoms with Crippen LogP contribution in [0.1, 0.15) is 26.0 Å². The van der Waals surface area contributed by atoms with Gasteiger partial charge in [-0.25, -0.2) is 0 Å². The molecule has 1 heteroatoms. The van der Waals surface area contributed by atoms with Gasteiger partial charge in [0.05, 0.1) is 26.0 Å². The van der Waals surface area contributed by atoms with Crippen molar-refractivity contribution < 1.29 is 30.5 Å². The summed E-state index contributed by atoms with van der Waals surface area (Å²) in [5.74, 6) is 0. The molecule has 0 aliphatic heterocycles. The molecule has 11 rings (SSSR count). The highest BCUT2D eigenvalue weighted by molar-refractivity contribution is 6.24. The third kappa shape index (κ3) is 4.64. The van der Waals surface area contributed by atoms with Crippen LogP contribution in [0.3, 0.4) is 0 Å². The summed E-state index contributed by atoms with van der Waals surface area (Å²) in [7, 11) is 0. The fraction of sp³-hybridized carbons (Fsp3) is 0. The second-order valence-corrected chi connectivity index (χ2v) is 12.6. The average Bonchev–Trinajstić information content (AvgIpc) is 3.76. The topological polar surface area (TPSA) is 13.1 Å². The van der Waals surface area contributed by atoms with E-state index in [0.29, 0.717) is 16.4 Å². The summed E-state index contributed by atoms with van der Waals surface area (Å²) >= 11 is 0. The lowest BCUT2D eigenvalue weighted by Crippen LogP contribution is -1.92. The highest BCUT2D eigenvalue weighted by Crippen LogP contribution is 2.47. The van der Waals surface area contributed by atoms with Crippen molar-refractivity contribution in [1.29, 1.82) is 0 Å². The van der Waals surface area contributed by atoms with Gasteiger partial charge < -0.3 is 4.42 Å². The van der Waals surface area contributed by atoms with E-state index in [0.717, 1.165) is 21.9 Å². The van der Waals surface area contributed by atoms with Gasteiger partial charge in [0.2, 0.25) is 0 Å². The van der Waals surface area contributed by atoms with Crippen molar-refractivity contribution in [3.63, 3.8) is 0 Å². The second-order valence-electron chi connectivity index (χ2n) is 12.6. The Labute approximate surface area is 333 Å². The minimum absolute atomic E-state index is 0.158. The Bertz CT molecular complexity index is 4220. The average molecular weight is 692 g/mol. The van der Waals surface area contributed by atoms with Crippen molar-refractivity contribution in [3.8, 4) is 44.5 Å². The number of benzene rings is 10. The van der Waals surface area contributed by atoms with Gasteiger partial charge in [-0.1, -0.05) is 175 Å². The molecule has 0 atom stereocenters. The Balaban J connectivity index is 1.32. The van der Waals surface area contributed by atoms with Crippen molar-refractivity contribution in [2.24, 2.45) is 0 Å². The number of rotatable bonds is 4. The van der Waals surface area contributed by atoms with E-state index in [-0.39, 0.29) is 22.1 Å². The van der Waals surface area contributed by atoms with E-state index in [2.05, 4.69) is 6.07 Å². The molecular formula is C52H32O. The maximum Gasteiger partial charge on any atom is 0.143 e. The van der Waals surface area contributed by atoms with Gasteiger partial charge in [0.1, 0.15) is 11.2 Å². The van der Waals surface area contributed by atoms with Crippen LogP contribution in [0.2, 0.25) is 0 Å². The van der Waals surface area contributed by atoms with Gasteiger partial charge in [0.15, 0.2) is 0 Å². The molecule has 0 fully saturated rings. The summed E-state index contributed by atoms with van der Waals surface area (Å²) in [4.78, 5) is 0. The molecule has 0 radical (unpaired) electrons. The molecule has 0 aliphatic rings. The summed E-state index contributed by atoms with van der Waals surface area (Å²) in [6.07, 6.45) is 0. The van der Waals surface area contributed by atoms with Crippen LogP contribution in [0.5, 0.6) is 0 Å². The monoisotopic (exact) mass is 691 g/mol. The lowest BCUT2D eigenvalue weighted by molar-refractivity contribution is 0.670. The quantitative estimate of drug-likeness (QED) is 0.167. The molecule has 0 unspecified atom stereocenters. The number of para-hydroxylation sites is 1. The van der Waals surface area contributed by atoms with Crippen LogP contribution in [0, 0.1) is 0 Å². The highest BCUT2D eigenvalue weighted by Gasteiger charge is 2.20. The highest BCUT2D eigenvalue weighted by atomic mass is 16.3. The lowest BCUT2D eigenvalue weighted by atomic mass is 9.84. The number of hydrogen-bond donors (Lipinski definition) is 0. The van der Waals surface area contributed by atoms with E-state index in [1.54, 1.807) is 18.2 Å². The predicted octanol–water partition coefficient (Wildman–Crippen LogP) is 14.9. The summed E-state index contributed by atoms with van der Waals surface area (Å²) < 4.78 is 180. The molecule has 0 saturated carbocycles. The van der Waals surface area contributed by atoms with E-state index in [4.69, 9.17) is 19.5 Å². The molecule has 0 bridgehead atoms. The van der Waals surface area contributed by atoms with Crippen molar-refractivity contribution in [1.82, 2.24) is 0 Å². The first-order chi connectivity index (χ1) is 34.2. The van der Waals surface area contributed by atoms with Gasteiger partial charge in [-0.2, -0.15) is 0 Å². The predicted molar refractivity (Wildman–Crippen MR) is 225 cm³/mol. The standard InChI is InChI=1S/C52H32O/c1-2-14-34(15-3-1)50-42-19-8-10-21-44(42)51(45-22-11-9-20-43(45)50)46-30-29-40(38-17-6-7-18-39(38)46)47-23-12-24-48-41-28-27-37(32-49(41)53-52(47)48)36-26-25-33-13-4-5-16-35(33)31-36/h1-32H/i1D,2D,3D,6D,7D,8D,9D,10D,11D,14D,15D,17D,18D,19D,20D,21D,22D,29D,30D. The first-order valence-electron chi connectivity index (χ1n) is 26.2. The first-order valence-corrected chi connectivity index (χ1v) is 16.7. The Hall–Kier alpha value is -6.96. The van der Waals surface area contributed by atoms with Crippen LogP contribution in [-0.2, 0) is 0 Å². The number of fused-ring (bicyclic) bond motifs is 7. The third-order valence-electron chi connectivity index (χ3n) is 9.73. The molecule has 0 spiro atoms. The van der Waals surface area contributed by atoms with Crippen LogP contribution in [0.25, 0.3) is 110 Å². The van der Waals surface area contributed by atoms with Crippen LogP contribution in [0.15, 0.2) is 198 Å². The maximum absolute atomic E-state index is 9.96. The van der Waals surface area contributed by atoms with E-state index >= 15 is 0 Å². The number of furan rings is 1. The molecule has 0 amide bonds. The Morgan fingerprint density at radius 3 is 1.66 bits per heavy atom. The van der Waals surface area contributed by atoms with Crippen LogP contribution in [0.4, 0.5) is 0 Å². The second kappa shape index (κ2) is 11.8. The van der Waals surface area contributed by atoms with Gasteiger partial charge in [-0.3, -0.25) is 0 Å². The molecule has 246 valence electrons. The zero-order valence-corrected chi connectivity index (χ0v) is 27.4. The van der Waals surface area contributed by atoms with Gasteiger partial charge in [0, 0.05) is 16.3 Å². The van der Waals surface area contributed by atoms with Gasteiger partial charge >= 0.3 is 0 Å². The summed E-state index contributed by atoms with van der Waals surface area (Å²) in [5.41, 5.74) is 0.0696. The molecule has 0 aliphatic carbocycles. The SMILES string of the molecule is [2H]c1c([2H])c([2H])c(-c2c3c([2H])c([2H])c([2H])c([2H])c3c(-c3c([2H])c([2H])c(-c4cccc5c4oc4cc(-c6ccc7ccccc7c6)ccc45)c4c([2H])c([2H])c([2H])c([2H])c34)c3c([2H])c([2H])c([2H])c([2H])c23)c([2H])c1[2H]. The minimum atomic E-state index is -0.873. The van der Waals surface area contributed by atoms with Crippen LogP contribution >= 0.6 is 0 Å². The van der Waals surface area contributed by atoms with E-state index in [1.807, 2.05) is 54.6 Å². The van der Waals surface area contributed by atoms with Crippen molar-refractivity contribution in [2.75, 3.05) is 0 Å². The zero-order chi connectivity index (χ0) is 51.4. The summed E-state index contributed by atoms with van der Waals surface area (Å²) in [6, 6.07) is 9.17. The largest absolute Gasteiger partial charge is 0.455 e. The molecule has 1 nitrogen and oxygen atoms in total. The van der Waals surface area contributed by atoms with Gasteiger partial charge in [0.25, 0.3) is 0 Å². The fourth-order valence-electron chi connectivity index (χ4n) is 7.37. The van der Waals surface area contributed by atoms with Crippen molar-refractivity contribution in [2.45, 2.75) is 0 Å². The Morgan fingerprint density at radius 1 is 0.340 bits per heavy atom. The third-order valence-corrected chi connectivity index (χ3v) is 9.73. The smallest absolute Gasteiger partial charge is 0.143 e. The van der Waals surface area contributed by atoms with Crippen molar-refractivity contribution in [3.05, 3.63) is 194 Å². The number of hydrogen-bond acceptors (Lipinski definition) is 1. The van der Waals surface area contributed by atoms with E-state index in [1.165, 1.54) is 0 Å². The van der Waals surface area contributed by atoms with Crippen LogP contribution in [-0.4, -0.2) is 0 Å². The molecule has 53 heavy (non-hydrogen) atoms. The van der Waals surface area contributed by atoms with Crippen LogP contribution < -0.4 is 0 Å². The Morgan fingerprint density at radius 2 is 0.925 bits per heavy atom. The molecule has 1 aromatic heterocycles. The minimum Gasteiger partial charge on any atom is -0.455 e. The summed E-state index contributed by atoms with van der Waals surface area (Å²) in [5, 5.41) is 0.280. The molecule has 1 heterocycles. The lowest BCUT2D eigenvalue weighted by Gasteiger charge is -2.19. The Kier molecular flexibility index (Phi) is 3.69. The molecule has 10 aromatic carbocycles. The van der Waals surface area contributed by atoms with Gasteiger partial charge in [-0.05, 0) is 100 Å². The molecule has 0 N–H and O–H groups in total. The first kappa shape index (κ1) is 16.6. The molecule has 0 saturated heterocycles. The maximum atomic E-state index is 9.96.